The number of hydrogen-bond acceptors (Lipinski definition) is 12. The number of hydrogen-bond donors (Lipinski definition) is 6. The number of fused-ring (bicyclic) bond motifs is 12. The number of aliphatic hydroxyl groups is 4. The molecule has 12 heteroatoms. The van der Waals surface area contributed by atoms with Crippen LogP contribution in [-0.2, 0) is 35.3 Å². The van der Waals surface area contributed by atoms with Crippen molar-refractivity contribution >= 4 is 23.1 Å². The number of phenols is 2. The van der Waals surface area contributed by atoms with Gasteiger partial charge in [-0.15, -0.1) is 0 Å². The third-order valence-corrected chi connectivity index (χ3v) is 17.3. The van der Waals surface area contributed by atoms with Gasteiger partial charge in [0.05, 0.1) is 23.3 Å². The molecule has 2 aromatic rings. The quantitative estimate of drug-likeness (QED) is 0.162. The second kappa shape index (κ2) is 16.2. The number of Topliss-reactive ketones (excluding diaryl/α,β-unsaturated/α-hetero) is 2. The number of benzene rings is 2. The number of ketones is 4. The van der Waals surface area contributed by atoms with Crippen molar-refractivity contribution in [3.8, 4) is 23.0 Å². The summed E-state index contributed by atoms with van der Waals surface area (Å²) >= 11 is 0. The molecule has 8 aliphatic rings. The van der Waals surface area contributed by atoms with E-state index in [2.05, 4.69) is 67.5 Å². The highest BCUT2D eigenvalue weighted by Gasteiger charge is 2.63. The van der Waals surface area contributed by atoms with E-state index in [4.69, 9.17) is 19.7 Å². The third kappa shape index (κ3) is 7.08. The zero-order valence-corrected chi connectivity index (χ0v) is 39.1. The average molecular weight is 885 g/mol. The van der Waals surface area contributed by atoms with Crippen molar-refractivity contribution in [2.75, 3.05) is 14.2 Å². The van der Waals surface area contributed by atoms with Crippen molar-refractivity contribution in [1.29, 1.82) is 0 Å². The van der Waals surface area contributed by atoms with E-state index in [-0.39, 0.29) is 82.0 Å². The summed E-state index contributed by atoms with van der Waals surface area (Å²) in [4.78, 5) is 50.4. The Morgan fingerprint density at radius 1 is 0.500 bits per heavy atom. The van der Waals surface area contributed by atoms with Gasteiger partial charge in [0.25, 0.3) is 0 Å². The molecule has 0 unspecified atom stereocenters. The van der Waals surface area contributed by atoms with E-state index in [1.54, 1.807) is 24.3 Å². The summed E-state index contributed by atoms with van der Waals surface area (Å²) in [5.74, 6) is 1.78. The normalized spacial score (nSPS) is 36.5. The Labute approximate surface area is 376 Å². The summed E-state index contributed by atoms with van der Waals surface area (Å²) in [5, 5.41) is 55.6. The molecular formula is C52H68O12. The first-order valence-corrected chi connectivity index (χ1v) is 22.9. The maximum absolute atomic E-state index is 12.6. The van der Waals surface area contributed by atoms with Crippen molar-refractivity contribution in [3.63, 3.8) is 0 Å². The number of rotatable bonds is 0. The minimum absolute atomic E-state index is 0.0418. The molecule has 0 bridgehead atoms. The van der Waals surface area contributed by atoms with Gasteiger partial charge in [-0.05, 0) is 109 Å². The Bertz CT molecular complexity index is 2180. The first kappa shape index (κ1) is 47.6. The zero-order chi connectivity index (χ0) is 47.3. The maximum Gasteiger partial charge on any atom is 0.169 e. The predicted molar refractivity (Wildman–Crippen MR) is 240 cm³/mol. The minimum Gasteiger partial charge on any atom is -0.507 e. The van der Waals surface area contributed by atoms with E-state index in [1.165, 1.54) is 0 Å². The second-order valence-corrected chi connectivity index (χ2v) is 21.5. The van der Waals surface area contributed by atoms with Crippen molar-refractivity contribution < 1.29 is 59.3 Å². The van der Waals surface area contributed by atoms with Crippen molar-refractivity contribution in [3.05, 3.63) is 69.8 Å². The van der Waals surface area contributed by atoms with E-state index >= 15 is 0 Å². The lowest BCUT2D eigenvalue weighted by Crippen LogP contribution is -2.61. The fraction of sp³-hybridized carbons (Fsp3) is 0.615. The predicted octanol–water partition coefficient (Wildman–Crippen LogP) is 6.76. The van der Waals surface area contributed by atoms with Gasteiger partial charge >= 0.3 is 0 Å². The summed E-state index contributed by atoms with van der Waals surface area (Å²) in [5.41, 5.74) is 1.90. The van der Waals surface area contributed by atoms with Gasteiger partial charge < -0.3 is 40.1 Å². The number of ether oxygens (including phenoxy) is 2. The molecule has 2 aliphatic heterocycles. The van der Waals surface area contributed by atoms with E-state index in [0.717, 1.165) is 62.2 Å². The zero-order valence-electron chi connectivity index (χ0n) is 39.1. The van der Waals surface area contributed by atoms with Gasteiger partial charge in [0.1, 0.15) is 34.2 Å². The van der Waals surface area contributed by atoms with Crippen LogP contribution >= 0.6 is 0 Å². The summed E-state index contributed by atoms with van der Waals surface area (Å²) < 4.78 is 13.2. The number of allylic oxidation sites excluding steroid dienone is 4. The number of aromatic hydroxyl groups is 2. The summed E-state index contributed by atoms with van der Waals surface area (Å²) in [6.07, 6.45) is 11.9. The smallest absolute Gasteiger partial charge is 0.169 e. The molecular weight excluding hydrogens is 817 g/mol. The Morgan fingerprint density at radius 3 is 1.19 bits per heavy atom. The maximum atomic E-state index is 12.6. The van der Waals surface area contributed by atoms with Crippen LogP contribution in [0.2, 0.25) is 0 Å². The first-order valence-electron chi connectivity index (χ1n) is 22.9. The number of aliphatic hydroxyl groups excluding tert-OH is 4. The molecule has 0 aromatic heterocycles. The third-order valence-electron chi connectivity index (χ3n) is 17.3. The average Bonchev–Trinajstić information content (AvgIpc) is 3.21. The van der Waals surface area contributed by atoms with Gasteiger partial charge in [0.2, 0.25) is 0 Å². The monoisotopic (exact) mass is 884 g/mol. The molecule has 6 N–H and O–H groups in total. The first-order chi connectivity index (χ1) is 29.9. The molecule has 0 radical (unpaired) electrons. The van der Waals surface area contributed by atoms with Gasteiger partial charge in [-0.25, -0.2) is 0 Å². The SMILES string of the molecule is CC1(C)C(=O)C=C[C@@]2(C)[C@H]1CC[C@]1(C)Oc3cc(O)c4c(c3C[C@@H]21)C[C@@H](O)CC4=O.CC1(C)C(=O)C=C[C@@]2(C)[C@H]1CC[C@]1(C)Oc3cc(O)c4c(c3C[C@@H]21)C[C@@H](O)CC4=O.CO.CO. The van der Waals surface area contributed by atoms with Crippen LogP contribution in [0.4, 0.5) is 0 Å². The molecule has 10 rings (SSSR count). The van der Waals surface area contributed by atoms with Crippen LogP contribution < -0.4 is 9.47 Å². The molecule has 6 aliphatic carbocycles. The Balaban J connectivity index is 0.000000178. The van der Waals surface area contributed by atoms with Crippen LogP contribution in [0.15, 0.2) is 36.4 Å². The molecule has 2 fully saturated rings. The van der Waals surface area contributed by atoms with Gasteiger partial charge in [-0.1, -0.05) is 53.7 Å². The summed E-state index contributed by atoms with van der Waals surface area (Å²) in [6, 6.07) is 3.17. The van der Waals surface area contributed by atoms with Gasteiger partial charge in [-0.2, -0.15) is 0 Å². The molecule has 2 heterocycles. The lowest BCUT2D eigenvalue weighted by Gasteiger charge is -2.61. The van der Waals surface area contributed by atoms with E-state index in [0.29, 0.717) is 48.3 Å². The van der Waals surface area contributed by atoms with Crippen LogP contribution in [0.1, 0.15) is 137 Å². The lowest BCUT2D eigenvalue weighted by atomic mass is 9.46. The van der Waals surface area contributed by atoms with Crippen molar-refractivity contribution in [2.24, 2.45) is 45.3 Å². The highest BCUT2D eigenvalue weighted by molar-refractivity contribution is 6.03. The largest absolute Gasteiger partial charge is 0.507 e. The molecule has 0 spiro atoms. The Kier molecular flexibility index (Phi) is 12.1. The van der Waals surface area contributed by atoms with E-state index < -0.39 is 34.2 Å². The number of carbonyl (C=O) groups is 4. The topological polar surface area (TPSA) is 208 Å². The van der Waals surface area contributed by atoms with Crippen molar-refractivity contribution in [2.45, 2.75) is 143 Å². The Hall–Kier alpha value is -4.36. The van der Waals surface area contributed by atoms with Gasteiger partial charge in [0.15, 0.2) is 23.1 Å². The van der Waals surface area contributed by atoms with Gasteiger partial charge in [-0.3, -0.25) is 19.2 Å². The molecule has 64 heavy (non-hydrogen) atoms. The van der Waals surface area contributed by atoms with Crippen LogP contribution in [0, 0.1) is 45.3 Å². The molecule has 2 aromatic carbocycles. The van der Waals surface area contributed by atoms with Crippen LogP contribution in [0.3, 0.4) is 0 Å². The molecule has 10 atom stereocenters. The van der Waals surface area contributed by atoms with E-state index in [9.17, 15) is 39.6 Å². The molecule has 0 saturated heterocycles. The standard InChI is InChI=1S/2C25H30O5.2CH4O/c2*1-23(2)19-5-8-25(4)20(24(19,3)7-6-21(23)29)11-14-15-9-13(26)10-16(27)22(15)17(28)12-18(14)30-25;2*1-2/h2*6-7,12-13,19-20,26,28H,5,8-11H2,1-4H3;2*2H,1H3/t2*13-,19+,20+,24+,25+;;/m11../s1. The van der Waals surface area contributed by atoms with Crippen LogP contribution in [-0.4, -0.2) is 91.4 Å². The van der Waals surface area contributed by atoms with E-state index in [1.807, 2.05) is 0 Å². The summed E-state index contributed by atoms with van der Waals surface area (Å²) in [6.45, 7) is 17.0. The Morgan fingerprint density at radius 2 is 0.844 bits per heavy atom. The summed E-state index contributed by atoms with van der Waals surface area (Å²) in [7, 11) is 2.00. The fourth-order valence-electron chi connectivity index (χ4n) is 14.1. The molecule has 348 valence electrons. The molecule has 0 amide bonds. The lowest BCUT2D eigenvalue weighted by molar-refractivity contribution is -0.148. The number of carbonyl (C=O) groups excluding carboxylic acids is 4. The van der Waals surface area contributed by atoms with Gasteiger partial charge in [0, 0.05) is 74.7 Å². The highest BCUT2D eigenvalue weighted by Crippen LogP contribution is 2.64. The fourth-order valence-corrected chi connectivity index (χ4v) is 14.1. The van der Waals surface area contributed by atoms with Crippen molar-refractivity contribution in [1.82, 2.24) is 0 Å². The number of phenolic OH excluding ortho intramolecular Hbond substituents is 2. The molecule has 12 nitrogen and oxygen atoms in total. The van der Waals surface area contributed by atoms with Crippen LogP contribution in [0.5, 0.6) is 23.0 Å². The van der Waals surface area contributed by atoms with Crippen LogP contribution in [0.25, 0.3) is 0 Å². The second-order valence-electron chi connectivity index (χ2n) is 21.5. The molecule has 2 saturated carbocycles. The minimum atomic E-state index is -0.731. The highest BCUT2D eigenvalue weighted by atomic mass is 16.5.